The molecule has 1 aliphatic carbocycles. The van der Waals surface area contributed by atoms with Gasteiger partial charge in [0.15, 0.2) is 5.96 Å². The summed E-state index contributed by atoms with van der Waals surface area (Å²) < 4.78 is 11.8. The van der Waals surface area contributed by atoms with Gasteiger partial charge >= 0.3 is 0 Å². The highest BCUT2D eigenvalue weighted by Gasteiger charge is 2.30. The van der Waals surface area contributed by atoms with E-state index in [4.69, 9.17) is 9.47 Å². The second kappa shape index (κ2) is 11.0. The lowest BCUT2D eigenvalue weighted by Gasteiger charge is -2.37. The maximum Gasteiger partial charge on any atom is 0.251 e. The lowest BCUT2D eigenvalue weighted by atomic mass is 9.89. The molecule has 1 aromatic carbocycles. The first kappa shape index (κ1) is 22.1. The fraction of sp³-hybridized carbons (Fsp3) is 0.667. The first-order valence-corrected chi connectivity index (χ1v) is 11.8. The molecule has 0 bridgehead atoms. The topological polar surface area (TPSA) is 66.4 Å². The number of benzene rings is 1. The number of nitrogens with zero attached hydrogens (tertiary/aromatic N) is 3. The van der Waals surface area contributed by atoms with Crippen LogP contribution >= 0.6 is 0 Å². The predicted molar refractivity (Wildman–Crippen MR) is 121 cm³/mol. The van der Waals surface area contributed by atoms with E-state index in [-0.39, 0.29) is 18.1 Å². The van der Waals surface area contributed by atoms with Crippen LogP contribution in [0.2, 0.25) is 0 Å². The average molecular weight is 429 g/mol. The Morgan fingerprint density at radius 2 is 1.97 bits per heavy atom. The Hall–Kier alpha value is -2.12. The molecule has 0 aromatic heterocycles. The Bertz CT molecular complexity index is 755. The molecule has 31 heavy (non-hydrogen) atoms. The number of hydrogen-bond donors (Lipinski definition) is 1. The molecule has 2 saturated heterocycles. The Kier molecular flexibility index (Phi) is 7.81. The van der Waals surface area contributed by atoms with Crippen LogP contribution in [0.3, 0.4) is 0 Å². The van der Waals surface area contributed by atoms with E-state index in [1.165, 1.54) is 24.0 Å². The molecule has 1 amide bonds. The number of hydrogen-bond acceptors (Lipinski definition) is 4. The van der Waals surface area contributed by atoms with Crippen LogP contribution < -0.4 is 5.32 Å². The monoisotopic (exact) mass is 428 g/mol. The van der Waals surface area contributed by atoms with Gasteiger partial charge in [0, 0.05) is 53.0 Å². The number of ether oxygens (including phenoxy) is 2. The molecule has 170 valence electrons. The van der Waals surface area contributed by atoms with Gasteiger partial charge in [-0.1, -0.05) is 24.3 Å². The fourth-order valence-corrected chi connectivity index (χ4v) is 4.83. The summed E-state index contributed by atoms with van der Waals surface area (Å²) in [5.41, 5.74) is 2.81. The summed E-state index contributed by atoms with van der Waals surface area (Å²) in [6, 6.07) is 8.67. The van der Waals surface area contributed by atoms with Crippen molar-refractivity contribution in [2.75, 3.05) is 53.0 Å². The van der Waals surface area contributed by atoms with Crippen molar-refractivity contribution in [3.05, 3.63) is 35.4 Å². The Morgan fingerprint density at radius 3 is 2.74 bits per heavy atom. The Labute approximate surface area is 185 Å². The number of carbonyl (C=O) groups excluding carboxylic acids is 1. The normalized spacial score (nSPS) is 24.2. The van der Waals surface area contributed by atoms with E-state index in [1.807, 2.05) is 11.9 Å². The summed E-state index contributed by atoms with van der Waals surface area (Å²) in [4.78, 5) is 21.1. The highest BCUT2D eigenvalue weighted by Crippen LogP contribution is 2.32. The minimum atomic E-state index is -0.222. The lowest BCUT2D eigenvalue weighted by molar-refractivity contribution is -0.142. The smallest absolute Gasteiger partial charge is 0.251 e. The molecule has 4 rings (SSSR count). The van der Waals surface area contributed by atoms with Crippen LogP contribution in [0.25, 0.3) is 0 Å². The van der Waals surface area contributed by atoms with Gasteiger partial charge in [0.05, 0.1) is 6.10 Å². The summed E-state index contributed by atoms with van der Waals surface area (Å²) in [6.45, 7) is 5.33. The third-order valence-corrected chi connectivity index (χ3v) is 6.55. The minimum Gasteiger partial charge on any atom is -0.373 e. The van der Waals surface area contributed by atoms with Gasteiger partial charge < -0.3 is 24.6 Å². The van der Waals surface area contributed by atoms with Crippen LogP contribution in [-0.4, -0.2) is 80.8 Å². The van der Waals surface area contributed by atoms with Crippen LogP contribution in [-0.2, 0) is 20.7 Å². The standard InChI is InChI=1S/C24H36N4O3/c1-25-24(28-15-13-27(14-16-28)23(29)22-11-5-17-31-22)26-12-6-18-30-21-10-4-8-19-7-2-3-9-20(19)21/h2-3,7,9,21-22H,4-6,8,10-18H2,1H3,(H,25,26). The molecule has 2 unspecified atom stereocenters. The summed E-state index contributed by atoms with van der Waals surface area (Å²) in [5.74, 6) is 1.06. The maximum absolute atomic E-state index is 12.5. The van der Waals surface area contributed by atoms with E-state index in [0.717, 1.165) is 71.0 Å². The highest BCUT2D eigenvalue weighted by atomic mass is 16.5. The van der Waals surface area contributed by atoms with Crippen LogP contribution in [0.1, 0.15) is 49.3 Å². The first-order chi connectivity index (χ1) is 15.3. The average Bonchev–Trinajstić information content (AvgIpc) is 3.36. The van der Waals surface area contributed by atoms with E-state index in [1.54, 1.807) is 0 Å². The number of nitrogens with one attached hydrogen (secondary N) is 1. The number of rotatable bonds is 6. The summed E-state index contributed by atoms with van der Waals surface area (Å²) in [5, 5.41) is 3.46. The molecule has 2 aliphatic heterocycles. The van der Waals surface area contributed by atoms with E-state index >= 15 is 0 Å². The Morgan fingerprint density at radius 1 is 1.16 bits per heavy atom. The van der Waals surface area contributed by atoms with Crippen molar-refractivity contribution in [3.63, 3.8) is 0 Å². The zero-order chi connectivity index (χ0) is 21.5. The van der Waals surface area contributed by atoms with Crippen LogP contribution in [0.5, 0.6) is 0 Å². The molecule has 7 heteroatoms. The molecular formula is C24H36N4O3. The second-order valence-corrected chi connectivity index (χ2v) is 8.59. The number of carbonyl (C=O) groups is 1. The quantitative estimate of drug-likeness (QED) is 0.428. The van der Waals surface area contributed by atoms with Crippen LogP contribution in [0, 0.1) is 0 Å². The van der Waals surface area contributed by atoms with Gasteiger partial charge in [0.1, 0.15) is 6.10 Å². The summed E-state index contributed by atoms with van der Waals surface area (Å²) in [6.07, 6.45) is 6.28. The van der Waals surface area contributed by atoms with Crippen molar-refractivity contribution in [2.24, 2.45) is 4.99 Å². The molecule has 2 atom stereocenters. The van der Waals surface area contributed by atoms with Crippen molar-refractivity contribution in [2.45, 2.75) is 50.7 Å². The zero-order valence-corrected chi connectivity index (χ0v) is 18.7. The Balaban J connectivity index is 1.15. The lowest BCUT2D eigenvalue weighted by Crippen LogP contribution is -2.55. The summed E-state index contributed by atoms with van der Waals surface area (Å²) >= 11 is 0. The molecule has 1 aromatic rings. The zero-order valence-electron chi connectivity index (χ0n) is 18.7. The largest absolute Gasteiger partial charge is 0.373 e. The number of aryl methyl sites for hydroxylation is 1. The third kappa shape index (κ3) is 5.57. The summed E-state index contributed by atoms with van der Waals surface area (Å²) in [7, 11) is 1.82. The van der Waals surface area contributed by atoms with Crippen molar-refractivity contribution in [1.29, 1.82) is 0 Å². The minimum absolute atomic E-state index is 0.154. The van der Waals surface area contributed by atoms with E-state index in [9.17, 15) is 4.79 Å². The predicted octanol–water partition coefficient (Wildman–Crippen LogP) is 2.37. The maximum atomic E-state index is 12.5. The van der Waals surface area contributed by atoms with Crippen LogP contribution in [0.4, 0.5) is 0 Å². The number of amides is 1. The molecule has 2 heterocycles. The SMILES string of the molecule is CN=C(NCCCOC1CCCc2ccccc21)N1CCN(C(=O)C2CCCO2)CC1. The highest BCUT2D eigenvalue weighted by molar-refractivity contribution is 5.82. The number of piperazine rings is 1. The van der Waals surface area contributed by atoms with E-state index < -0.39 is 0 Å². The van der Waals surface area contributed by atoms with Gasteiger partial charge in [-0.15, -0.1) is 0 Å². The molecule has 2 fully saturated rings. The molecule has 3 aliphatic rings. The van der Waals surface area contributed by atoms with E-state index in [0.29, 0.717) is 6.61 Å². The molecule has 0 radical (unpaired) electrons. The van der Waals surface area contributed by atoms with Crippen molar-refractivity contribution in [3.8, 4) is 0 Å². The number of fused-ring (bicyclic) bond motifs is 1. The fourth-order valence-electron chi connectivity index (χ4n) is 4.83. The number of guanidine groups is 1. The third-order valence-electron chi connectivity index (χ3n) is 6.55. The van der Waals surface area contributed by atoms with Gasteiger partial charge in [-0.3, -0.25) is 9.79 Å². The second-order valence-electron chi connectivity index (χ2n) is 8.59. The van der Waals surface area contributed by atoms with Crippen LogP contribution in [0.15, 0.2) is 29.3 Å². The molecular weight excluding hydrogens is 392 g/mol. The van der Waals surface area contributed by atoms with Gasteiger partial charge in [0.25, 0.3) is 5.91 Å². The van der Waals surface area contributed by atoms with Crippen molar-refractivity contribution in [1.82, 2.24) is 15.1 Å². The molecule has 0 spiro atoms. The first-order valence-electron chi connectivity index (χ1n) is 11.8. The van der Waals surface area contributed by atoms with Crippen molar-refractivity contribution < 1.29 is 14.3 Å². The number of aliphatic imine (C=N–C) groups is 1. The van der Waals surface area contributed by atoms with Gasteiger partial charge in [-0.2, -0.15) is 0 Å². The van der Waals surface area contributed by atoms with Crippen molar-refractivity contribution >= 4 is 11.9 Å². The molecule has 0 saturated carbocycles. The van der Waals surface area contributed by atoms with Gasteiger partial charge in [0.2, 0.25) is 0 Å². The molecule has 7 nitrogen and oxygen atoms in total. The van der Waals surface area contributed by atoms with Gasteiger partial charge in [-0.25, -0.2) is 0 Å². The van der Waals surface area contributed by atoms with E-state index in [2.05, 4.69) is 39.5 Å². The van der Waals surface area contributed by atoms with Gasteiger partial charge in [-0.05, 0) is 49.7 Å². The molecule has 1 N–H and O–H groups in total.